The molecule has 0 aliphatic rings. The van der Waals surface area contributed by atoms with Crippen LogP contribution in [0.4, 0.5) is 11.5 Å². The Hall–Kier alpha value is -1.86. The van der Waals surface area contributed by atoms with Crippen LogP contribution in [0.25, 0.3) is 0 Å². The first kappa shape index (κ1) is 17.2. The van der Waals surface area contributed by atoms with Gasteiger partial charge in [-0.05, 0) is 13.0 Å². The summed E-state index contributed by atoms with van der Waals surface area (Å²) in [5.74, 6) is 0.0896. The monoisotopic (exact) mass is 297 g/mol. The van der Waals surface area contributed by atoms with Gasteiger partial charge in [-0.2, -0.15) is 0 Å². The maximum Gasteiger partial charge on any atom is 0.340 e. The maximum absolute atomic E-state index is 11.9. The van der Waals surface area contributed by atoms with Crippen LogP contribution in [-0.2, 0) is 14.2 Å². The summed E-state index contributed by atoms with van der Waals surface area (Å²) in [5, 5.41) is 0. The van der Waals surface area contributed by atoms with Crippen molar-refractivity contribution in [2.75, 3.05) is 57.8 Å². The van der Waals surface area contributed by atoms with Crippen LogP contribution in [0.3, 0.4) is 0 Å². The van der Waals surface area contributed by atoms with Crippen LogP contribution in [0.15, 0.2) is 12.3 Å². The van der Waals surface area contributed by atoms with Crippen molar-refractivity contribution in [2.24, 2.45) is 0 Å². The van der Waals surface area contributed by atoms with Gasteiger partial charge in [0.25, 0.3) is 0 Å². The smallest absolute Gasteiger partial charge is 0.340 e. The molecule has 0 spiro atoms. The minimum absolute atomic E-state index is 0.299. The summed E-state index contributed by atoms with van der Waals surface area (Å²) in [4.78, 5) is 18.1. The van der Waals surface area contributed by atoms with Crippen molar-refractivity contribution in [3.63, 3.8) is 0 Å². The first-order chi connectivity index (χ1) is 10.2. The molecule has 1 rings (SSSR count). The van der Waals surface area contributed by atoms with Gasteiger partial charge in [-0.25, -0.2) is 9.78 Å². The Labute approximate surface area is 125 Å². The predicted molar refractivity (Wildman–Crippen MR) is 80.6 cm³/mol. The van der Waals surface area contributed by atoms with Crippen molar-refractivity contribution in [2.45, 2.75) is 6.92 Å². The summed E-state index contributed by atoms with van der Waals surface area (Å²) in [6.45, 7) is 4.29. The molecule has 0 unspecified atom stereocenters. The number of esters is 1. The van der Waals surface area contributed by atoms with Gasteiger partial charge in [-0.1, -0.05) is 0 Å². The quantitative estimate of drug-likeness (QED) is 0.679. The number of ether oxygens (including phenoxy) is 3. The third kappa shape index (κ3) is 4.87. The highest BCUT2D eigenvalue weighted by Crippen LogP contribution is 2.24. The lowest BCUT2D eigenvalue weighted by Gasteiger charge is -2.25. The number of nitrogens with zero attached hydrogens (tertiary/aromatic N) is 2. The molecule has 0 radical (unpaired) electrons. The van der Waals surface area contributed by atoms with E-state index in [1.807, 2.05) is 4.90 Å². The number of hydrogen-bond acceptors (Lipinski definition) is 7. The second kappa shape index (κ2) is 9.15. The molecule has 0 bridgehead atoms. The van der Waals surface area contributed by atoms with Crippen LogP contribution in [-0.4, -0.2) is 58.1 Å². The molecule has 0 saturated heterocycles. The summed E-state index contributed by atoms with van der Waals surface area (Å²) < 4.78 is 15.2. The summed E-state index contributed by atoms with van der Waals surface area (Å²) >= 11 is 0. The summed E-state index contributed by atoms with van der Waals surface area (Å²) in [6.07, 6.45) is 1.55. The summed E-state index contributed by atoms with van der Waals surface area (Å²) in [7, 11) is 3.25. The van der Waals surface area contributed by atoms with E-state index in [1.165, 1.54) is 0 Å². The lowest BCUT2D eigenvalue weighted by molar-refractivity contribution is 0.0527. The van der Waals surface area contributed by atoms with E-state index in [-0.39, 0.29) is 0 Å². The molecule has 1 aromatic rings. The van der Waals surface area contributed by atoms with Crippen molar-refractivity contribution in [3.05, 3.63) is 17.8 Å². The van der Waals surface area contributed by atoms with Gasteiger partial charge in [0.15, 0.2) is 5.82 Å². The van der Waals surface area contributed by atoms with Crippen molar-refractivity contribution < 1.29 is 19.0 Å². The molecule has 118 valence electrons. The van der Waals surface area contributed by atoms with Crippen LogP contribution < -0.4 is 10.6 Å². The van der Waals surface area contributed by atoms with Crippen LogP contribution in [0.1, 0.15) is 17.3 Å². The minimum Gasteiger partial charge on any atom is -0.462 e. The van der Waals surface area contributed by atoms with E-state index in [1.54, 1.807) is 33.4 Å². The van der Waals surface area contributed by atoms with Crippen molar-refractivity contribution in [3.8, 4) is 0 Å². The average molecular weight is 297 g/mol. The Morgan fingerprint density at radius 1 is 1.29 bits per heavy atom. The molecule has 0 amide bonds. The molecular weight excluding hydrogens is 274 g/mol. The minimum atomic E-state index is -0.447. The SMILES string of the molecule is CCOC(=O)c1ccnc(N(CCOC)CCOC)c1N. The van der Waals surface area contributed by atoms with E-state index < -0.39 is 5.97 Å². The number of rotatable bonds is 9. The zero-order valence-electron chi connectivity index (χ0n) is 12.8. The van der Waals surface area contributed by atoms with Gasteiger partial charge in [-0.15, -0.1) is 0 Å². The van der Waals surface area contributed by atoms with Gasteiger partial charge in [0.1, 0.15) is 0 Å². The number of carbonyl (C=O) groups excluding carboxylic acids is 1. The van der Waals surface area contributed by atoms with Gasteiger partial charge < -0.3 is 24.8 Å². The average Bonchev–Trinajstić information content (AvgIpc) is 2.48. The molecular formula is C14H23N3O4. The molecule has 7 nitrogen and oxygen atoms in total. The zero-order valence-corrected chi connectivity index (χ0v) is 12.8. The third-order valence-corrected chi connectivity index (χ3v) is 2.89. The van der Waals surface area contributed by atoms with Gasteiger partial charge in [-0.3, -0.25) is 0 Å². The van der Waals surface area contributed by atoms with E-state index in [0.717, 1.165) is 0 Å². The standard InChI is InChI=1S/C14H23N3O4/c1-4-21-14(18)11-5-6-16-13(12(11)15)17(7-9-19-2)8-10-20-3/h5-6H,4,7-10,15H2,1-3H3. The third-order valence-electron chi connectivity index (χ3n) is 2.89. The Kier molecular flexibility index (Phi) is 7.49. The molecule has 21 heavy (non-hydrogen) atoms. The van der Waals surface area contributed by atoms with E-state index in [4.69, 9.17) is 19.9 Å². The molecule has 1 heterocycles. The highest BCUT2D eigenvalue weighted by atomic mass is 16.5. The zero-order chi connectivity index (χ0) is 15.7. The number of anilines is 2. The van der Waals surface area contributed by atoms with Crippen molar-refractivity contribution in [1.29, 1.82) is 0 Å². The molecule has 2 N–H and O–H groups in total. The Bertz CT molecular complexity index is 446. The summed E-state index contributed by atoms with van der Waals surface area (Å²) in [5.41, 5.74) is 6.70. The molecule has 0 aromatic carbocycles. The molecule has 7 heteroatoms. The van der Waals surface area contributed by atoms with Crippen LogP contribution in [0.5, 0.6) is 0 Å². The number of hydrogen-bond donors (Lipinski definition) is 1. The molecule has 1 aromatic heterocycles. The topological polar surface area (TPSA) is 86.9 Å². The lowest BCUT2D eigenvalue weighted by atomic mass is 10.2. The van der Waals surface area contributed by atoms with Crippen LogP contribution in [0.2, 0.25) is 0 Å². The van der Waals surface area contributed by atoms with Gasteiger partial charge in [0, 0.05) is 33.5 Å². The highest BCUT2D eigenvalue weighted by Gasteiger charge is 2.18. The Morgan fingerprint density at radius 2 is 1.90 bits per heavy atom. The predicted octanol–water partition coefficient (Wildman–Crippen LogP) is 0.940. The lowest BCUT2D eigenvalue weighted by Crippen LogP contribution is -2.32. The second-order valence-electron chi connectivity index (χ2n) is 4.29. The Morgan fingerprint density at radius 3 is 2.43 bits per heavy atom. The highest BCUT2D eigenvalue weighted by molar-refractivity contribution is 5.97. The fourth-order valence-corrected chi connectivity index (χ4v) is 1.83. The fourth-order valence-electron chi connectivity index (χ4n) is 1.83. The van der Waals surface area contributed by atoms with E-state index in [9.17, 15) is 4.79 Å². The number of nitrogen functional groups attached to an aromatic ring is 1. The molecule has 0 fully saturated rings. The number of methoxy groups -OCH3 is 2. The first-order valence-corrected chi connectivity index (χ1v) is 6.80. The maximum atomic E-state index is 11.9. The van der Waals surface area contributed by atoms with Crippen molar-refractivity contribution >= 4 is 17.5 Å². The molecule has 0 aliphatic carbocycles. The number of pyridine rings is 1. The normalized spacial score (nSPS) is 10.4. The molecule has 0 atom stereocenters. The van der Waals surface area contributed by atoms with Gasteiger partial charge in [0.05, 0.1) is 31.1 Å². The Balaban J connectivity index is 3.01. The van der Waals surface area contributed by atoms with E-state index in [0.29, 0.717) is 50.0 Å². The van der Waals surface area contributed by atoms with Crippen LogP contribution in [0, 0.1) is 0 Å². The largest absolute Gasteiger partial charge is 0.462 e. The number of carbonyl (C=O) groups is 1. The van der Waals surface area contributed by atoms with Gasteiger partial charge in [0.2, 0.25) is 0 Å². The fraction of sp³-hybridized carbons (Fsp3) is 0.571. The van der Waals surface area contributed by atoms with Gasteiger partial charge >= 0.3 is 5.97 Å². The van der Waals surface area contributed by atoms with E-state index >= 15 is 0 Å². The summed E-state index contributed by atoms with van der Waals surface area (Å²) in [6, 6.07) is 1.56. The first-order valence-electron chi connectivity index (χ1n) is 6.80. The molecule has 0 aliphatic heterocycles. The number of nitrogens with two attached hydrogens (primary N) is 1. The molecule has 0 saturated carbocycles. The van der Waals surface area contributed by atoms with Crippen molar-refractivity contribution in [1.82, 2.24) is 4.98 Å². The second-order valence-corrected chi connectivity index (χ2v) is 4.29. The number of aromatic nitrogens is 1. The van der Waals surface area contributed by atoms with Crippen LogP contribution >= 0.6 is 0 Å². The van der Waals surface area contributed by atoms with E-state index in [2.05, 4.69) is 4.98 Å².